The second-order valence-corrected chi connectivity index (χ2v) is 2.86. The van der Waals surface area contributed by atoms with Crippen LogP contribution >= 0.6 is 0 Å². The van der Waals surface area contributed by atoms with Crippen LogP contribution in [0.3, 0.4) is 0 Å². The first-order valence-electron chi connectivity index (χ1n) is 4.24. The third-order valence-electron chi connectivity index (χ3n) is 2.07. The standard InChI is InChI=1S/C7H14N4O3/c1-9-6(12)5-4-14-3-2-11(5)7(8)10-13/h5,13H,2-4H2,1H3,(H2,8,10)(H,9,12). The summed E-state index contributed by atoms with van der Waals surface area (Å²) in [7, 11) is 1.53. The lowest BCUT2D eigenvalue weighted by Gasteiger charge is -2.34. The summed E-state index contributed by atoms with van der Waals surface area (Å²) in [4.78, 5) is 12.9. The van der Waals surface area contributed by atoms with E-state index in [1.807, 2.05) is 0 Å². The van der Waals surface area contributed by atoms with Crippen molar-refractivity contribution >= 4 is 11.9 Å². The molecule has 1 unspecified atom stereocenters. The number of nitrogens with one attached hydrogen (secondary N) is 1. The van der Waals surface area contributed by atoms with Crippen LogP contribution in [0.15, 0.2) is 5.16 Å². The van der Waals surface area contributed by atoms with Gasteiger partial charge < -0.3 is 25.9 Å². The number of amides is 1. The highest BCUT2D eigenvalue weighted by atomic mass is 16.5. The van der Waals surface area contributed by atoms with Crippen molar-refractivity contribution in [2.24, 2.45) is 10.9 Å². The molecule has 1 aliphatic heterocycles. The predicted octanol–water partition coefficient (Wildman–Crippen LogP) is -1.86. The normalized spacial score (nSPS) is 23.4. The minimum atomic E-state index is -0.523. The van der Waals surface area contributed by atoms with E-state index < -0.39 is 6.04 Å². The molecule has 0 bridgehead atoms. The molecule has 0 saturated carbocycles. The molecule has 7 heteroatoms. The van der Waals surface area contributed by atoms with Crippen LogP contribution in [0.25, 0.3) is 0 Å². The molecule has 1 saturated heterocycles. The van der Waals surface area contributed by atoms with Gasteiger partial charge in [0.25, 0.3) is 0 Å². The van der Waals surface area contributed by atoms with Crippen molar-refractivity contribution in [3.63, 3.8) is 0 Å². The molecular weight excluding hydrogens is 188 g/mol. The highest BCUT2D eigenvalue weighted by Gasteiger charge is 2.30. The van der Waals surface area contributed by atoms with Gasteiger partial charge in [0, 0.05) is 13.6 Å². The second kappa shape index (κ2) is 4.66. The van der Waals surface area contributed by atoms with Crippen molar-refractivity contribution in [3.05, 3.63) is 0 Å². The quantitative estimate of drug-likeness (QED) is 0.200. The molecule has 1 rings (SSSR count). The van der Waals surface area contributed by atoms with Crippen molar-refractivity contribution in [2.45, 2.75) is 6.04 Å². The van der Waals surface area contributed by atoms with Gasteiger partial charge in [-0.05, 0) is 0 Å². The molecule has 0 radical (unpaired) electrons. The number of nitrogens with two attached hydrogens (primary N) is 1. The summed E-state index contributed by atoms with van der Waals surface area (Å²) in [6, 6.07) is -0.523. The highest BCUT2D eigenvalue weighted by molar-refractivity contribution is 5.88. The number of ether oxygens (including phenoxy) is 1. The number of nitrogens with zero attached hydrogens (tertiary/aromatic N) is 2. The Morgan fingerprint density at radius 2 is 2.50 bits per heavy atom. The third-order valence-corrected chi connectivity index (χ3v) is 2.07. The van der Waals surface area contributed by atoms with Crippen LogP contribution in [0.1, 0.15) is 0 Å². The number of hydrogen-bond donors (Lipinski definition) is 3. The number of oxime groups is 1. The fraction of sp³-hybridized carbons (Fsp3) is 0.714. The van der Waals surface area contributed by atoms with E-state index in [9.17, 15) is 4.79 Å². The smallest absolute Gasteiger partial charge is 0.244 e. The lowest BCUT2D eigenvalue weighted by Crippen LogP contribution is -2.57. The number of guanidine groups is 1. The molecule has 0 aromatic carbocycles. The van der Waals surface area contributed by atoms with E-state index in [4.69, 9.17) is 15.7 Å². The zero-order valence-corrected chi connectivity index (χ0v) is 7.93. The summed E-state index contributed by atoms with van der Waals surface area (Å²) in [5.41, 5.74) is 5.42. The number of carbonyl (C=O) groups is 1. The van der Waals surface area contributed by atoms with Crippen molar-refractivity contribution < 1.29 is 14.7 Å². The molecule has 1 fully saturated rings. The van der Waals surface area contributed by atoms with Gasteiger partial charge in [-0.15, -0.1) is 0 Å². The zero-order valence-electron chi connectivity index (χ0n) is 7.93. The summed E-state index contributed by atoms with van der Waals surface area (Å²) in [5, 5.41) is 13.9. The first kappa shape index (κ1) is 10.6. The van der Waals surface area contributed by atoms with E-state index in [0.29, 0.717) is 13.2 Å². The molecular formula is C7H14N4O3. The maximum absolute atomic E-state index is 11.4. The summed E-state index contributed by atoms with van der Waals surface area (Å²) < 4.78 is 5.14. The molecule has 1 heterocycles. The molecule has 0 aliphatic carbocycles. The Morgan fingerprint density at radius 1 is 1.79 bits per heavy atom. The van der Waals surface area contributed by atoms with E-state index in [1.165, 1.54) is 11.9 Å². The van der Waals surface area contributed by atoms with Crippen molar-refractivity contribution in [1.82, 2.24) is 10.2 Å². The molecule has 7 nitrogen and oxygen atoms in total. The molecule has 1 atom stereocenters. The molecule has 0 aromatic rings. The highest BCUT2D eigenvalue weighted by Crippen LogP contribution is 2.06. The number of hydrogen-bond acceptors (Lipinski definition) is 4. The summed E-state index contributed by atoms with van der Waals surface area (Å²) in [6.45, 7) is 1.15. The minimum Gasteiger partial charge on any atom is -0.408 e. The van der Waals surface area contributed by atoms with Crippen molar-refractivity contribution in [3.8, 4) is 0 Å². The van der Waals surface area contributed by atoms with Gasteiger partial charge in [0.15, 0.2) is 0 Å². The zero-order chi connectivity index (χ0) is 10.6. The Labute approximate surface area is 81.5 Å². The van der Waals surface area contributed by atoms with E-state index in [1.54, 1.807) is 0 Å². The Kier molecular flexibility index (Phi) is 3.52. The number of likely N-dealkylation sites (N-methyl/N-ethyl adjacent to an activating group) is 1. The molecule has 80 valence electrons. The second-order valence-electron chi connectivity index (χ2n) is 2.86. The largest absolute Gasteiger partial charge is 0.408 e. The van der Waals surface area contributed by atoms with Gasteiger partial charge >= 0.3 is 0 Å². The van der Waals surface area contributed by atoms with Crippen LogP contribution in [0, 0.1) is 0 Å². The molecule has 14 heavy (non-hydrogen) atoms. The van der Waals surface area contributed by atoms with Gasteiger partial charge in [0.2, 0.25) is 11.9 Å². The Morgan fingerprint density at radius 3 is 3.07 bits per heavy atom. The molecule has 4 N–H and O–H groups in total. The summed E-state index contributed by atoms with van der Waals surface area (Å²) >= 11 is 0. The predicted molar refractivity (Wildman–Crippen MR) is 48.8 cm³/mol. The average Bonchev–Trinajstić information content (AvgIpc) is 2.27. The third kappa shape index (κ3) is 2.05. The van der Waals surface area contributed by atoms with Crippen LogP contribution in [-0.2, 0) is 9.53 Å². The molecule has 0 aromatic heterocycles. The van der Waals surface area contributed by atoms with Crippen molar-refractivity contribution in [2.75, 3.05) is 26.8 Å². The average molecular weight is 202 g/mol. The fourth-order valence-electron chi connectivity index (χ4n) is 1.32. The lowest BCUT2D eigenvalue weighted by atomic mass is 10.2. The summed E-state index contributed by atoms with van der Waals surface area (Å²) in [5.74, 6) is -0.279. The van der Waals surface area contributed by atoms with Crippen LogP contribution in [0.4, 0.5) is 0 Å². The fourth-order valence-corrected chi connectivity index (χ4v) is 1.32. The van der Waals surface area contributed by atoms with Gasteiger partial charge in [-0.1, -0.05) is 5.16 Å². The van der Waals surface area contributed by atoms with Gasteiger partial charge in [0.1, 0.15) is 6.04 Å². The van der Waals surface area contributed by atoms with Gasteiger partial charge in [-0.2, -0.15) is 0 Å². The Hall–Kier alpha value is -1.50. The maximum Gasteiger partial charge on any atom is 0.244 e. The van der Waals surface area contributed by atoms with Crippen LogP contribution in [0.2, 0.25) is 0 Å². The number of carbonyl (C=O) groups excluding carboxylic acids is 1. The van der Waals surface area contributed by atoms with Crippen molar-refractivity contribution in [1.29, 1.82) is 0 Å². The number of morpholine rings is 1. The topological polar surface area (TPSA) is 100 Å². The lowest BCUT2D eigenvalue weighted by molar-refractivity contribution is -0.129. The van der Waals surface area contributed by atoms with Crippen LogP contribution in [0.5, 0.6) is 0 Å². The van der Waals surface area contributed by atoms with E-state index in [-0.39, 0.29) is 18.5 Å². The first-order chi connectivity index (χ1) is 6.70. The van der Waals surface area contributed by atoms with Crippen LogP contribution in [-0.4, -0.2) is 54.8 Å². The van der Waals surface area contributed by atoms with E-state index >= 15 is 0 Å². The Bertz CT molecular complexity index is 243. The SMILES string of the molecule is CNC(=O)C1COCCN1C(N)=NO. The molecule has 1 amide bonds. The van der Waals surface area contributed by atoms with Gasteiger partial charge in [-0.25, -0.2) is 0 Å². The monoisotopic (exact) mass is 202 g/mol. The van der Waals surface area contributed by atoms with E-state index in [2.05, 4.69) is 10.5 Å². The first-order valence-corrected chi connectivity index (χ1v) is 4.24. The minimum absolute atomic E-state index is 0.0677. The molecule has 1 aliphatic rings. The number of rotatable bonds is 1. The van der Waals surface area contributed by atoms with Crippen LogP contribution < -0.4 is 11.1 Å². The Balaban J connectivity index is 2.73. The molecule has 0 spiro atoms. The van der Waals surface area contributed by atoms with E-state index in [0.717, 1.165) is 0 Å². The maximum atomic E-state index is 11.4. The van der Waals surface area contributed by atoms with Gasteiger partial charge in [-0.3, -0.25) is 4.79 Å². The summed E-state index contributed by atoms with van der Waals surface area (Å²) in [6.07, 6.45) is 0. The van der Waals surface area contributed by atoms with Gasteiger partial charge in [0.05, 0.1) is 13.2 Å².